The van der Waals surface area contributed by atoms with Crippen molar-refractivity contribution in [1.29, 1.82) is 0 Å². The van der Waals surface area contributed by atoms with Gasteiger partial charge in [-0.25, -0.2) is 14.4 Å². The summed E-state index contributed by atoms with van der Waals surface area (Å²) in [5.74, 6) is -0.208. The van der Waals surface area contributed by atoms with Crippen LogP contribution in [0.15, 0.2) is 43.0 Å². The number of aromatic nitrogens is 5. The summed E-state index contributed by atoms with van der Waals surface area (Å²) in [7, 11) is 0. The van der Waals surface area contributed by atoms with Crippen LogP contribution in [-0.2, 0) is 6.18 Å². The summed E-state index contributed by atoms with van der Waals surface area (Å²) in [6, 6.07) is 4.31. The van der Waals surface area contributed by atoms with Crippen LogP contribution in [0, 0.1) is 23.1 Å². The molecule has 1 spiro atoms. The molecule has 0 bridgehead atoms. The van der Waals surface area contributed by atoms with E-state index in [0.717, 1.165) is 36.5 Å². The molecule has 0 saturated heterocycles. The molecule has 2 saturated carbocycles. The zero-order valence-corrected chi connectivity index (χ0v) is 18.8. The molecular weight excluding hydrogens is 466 g/mol. The number of alkyl halides is 3. The van der Waals surface area contributed by atoms with Crippen molar-refractivity contribution in [3.63, 3.8) is 0 Å². The van der Waals surface area contributed by atoms with Crippen molar-refractivity contribution in [2.45, 2.75) is 38.4 Å². The van der Waals surface area contributed by atoms with E-state index in [0.29, 0.717) is 12.4 Å². The number of rotatable bonds is 6. The summed E-state index contributed by atoms with van der Waals surface area (Å²) in [5.41, 5.74) is -0.840. The van der Waals surface area contributed by atoms with Crippen molar-refractivity contribution in [2.75, 3.05) is 11.9 Å². The van der Waals surface area contributed by atoms with Gasteiger partial charge in [0.1, 0.15) is 11.5 Å². The van der Waals surface area contributed by atoms with E-state index in [9.17, 15) is 22.4 Å². The fourth-order valence-electron chi connectivity index (χ4n) is 5.36. The smallest absolute Gasteiger partial charge is 0.366 e. The van der Waals surface area contributed by atoms with Crippen LogP contribution < -0.4 is 10.6 Å². The van der Waals surface area contributed by atoms with Crippen LogP contribution >= 0.6 is 0 Å². The number of amides is 1. The van der Waals surface area contributed by atoms with Crippen molar-refractivity contribution < 1.29 is 22.4 Å². The molecule has 2 aliphatic carbocycles. The lowest BCUT2D eigenvalue weighted by atomic mass is 9.43. The summed E-state index contributed by atoms with van der Waals surface area (Å²) in [6.45, 7) is 2.54. The molecule has 1 aromatic carbocycles. The van der Waals surface area contributed by atoms with Crippen LogP contribution in [0.2, 0.25) is 0 Å². The van der Waals surface area contributed by atoms with Gasteiger partial charge in [-0.3, -0.25) is 4.79 Å². The zero-order chi connectivity index (χ0) is 24.8. The lowest BCUT2D eigenvalue weighted by Crippen LogP contribution is -2.63. The summed E-state index contributed by atoms with van der Waals surface area (Å²) in [4.78, 5) is 21.3. The third kappa shape index (κ3) is 4.10. The Morgan fingerprint density at radius 2 is 1.97 bits per heavy atom. The number of nitrogens with zero attached hydrogens (tertiary/aromatic N) is 5. The maximum absolute atomic E-state index is 14.4. The molecule has 0 aliphatic heterocycles. The molecule has 0 radical (unpaired) electrons. The molecule has 12 heteroatoms. The van der Waals surface area contributed by atoms with Gasteiger partial charge >= 0.3 is 6.18 Å². The number of hydrogen-bond acceptors (Lipinski definition) is 6. The highest BCUT2D eigenvalue weighted by Crippen LogP contribution is 2.63. The van der Waals surface area contributed by atoms with E-state index in [1.54, 1.807) is 0 Å². The first-order chi connectivity index (χ1) is 16.7. The maximum Gasteiger partial charge on any atom is 0.434 e. The minimum absolute atomic E-state index is 0.00255. The second kappa shape index (κ2) is 8.58. The molecule has 4 unspecified atom stereocenters. The molecular formula is C23H23F4N7O. The molecule has 2 fully saturated rings. The molecule has 2 aromatic heterocycles. The largest absolute Gasteiger partial charge is 0.434 e. The predicted molar refractivity (Wildman–Crippen MR) is 117 cm³/mol. The van der Waals surface area contributed by atoms with E-state index < -0.39 is 23.6 Å². The predicted octanol–water partition coefficient (Wildman–Crippen LogP) is 3.86. The number of hydrogen-bond donors (Lipinski definition) is 2. The Morgan fingerprint density at radius 1 is 1.20 bits per heavy atom. The van der Waals surface area contributed by atoms with Gasteiger partial charge in [0.05, 0.1) is 30.4 Å². The van der Waals surface area contributed by atoms with Crippen molar-refractivity contribution in [3.8, 4) is 5.69 Å². The fourth-order valence-corrected chi connectivity index (χ4v) is 5.36. The van der Waals surface area contributed by atoms with Gasteiger partial charge in [0.15, 0.2) is 11.5 Å². The normalized spacial score (nSPS) is 25.6. The first-order valence-electron chi connectivity index (χ1n) is 11.3. The van der Waals surface area contributed by atoms with Crippen molar-refractivity contribution in [2.24, 2.45) is 17.3 Å². The molecule has 184 valence electrons. The number of para-hydroxylation sites is 1. The number of anilines is 1. The highest BCUT2D eigenvalue weighted by molar-refractivity contribution is 5.97. The van der Waals surface area contributed by atoms with Crippen LogP contribution in [0.5, 0.6) is 0 Å². The number of benzene rings is 1. The Morgan fingerprint density at radius 3 is 2.57 bits per heavy atom. The third-order valence-electron chi connectivity index (χ3n) is 7.52. The Kier molecular flexibility index (Phi) is 5.68. The topological polar surface area (TPSA) is 97.6 Å². The van der Waals surface area contributed by atoms with E-state index in [1.807, 2.05) is 0 Å². The third-order valence-corrected chi connectivity index (χ3v) is 7.52. The quantitative estimate of drug-likeness (QED) is 0.511. The van der Waals surface area contributed by atoms with E-state index >= 15 is 0 Å². The maximum atomic E-state index is 14.4. The van der Waals surface area contributed by atoms with Crippen LogP contribution in [0.3, 0.4) is 0 Å². The standard InChI is InChI=1S/C23H23F4N7O/c1-13-17(33-19-12-28-18(11-29-19)23(25,26)27)9-22(13)6-5-14(22)10-30-21(35)15-3-2-4-16(24)20(15)34-31-7-8-32-34/h2-4,7-8,11-14,17H,5-6,9-10H2,1H3,(H,29,33)(H,30,35). The summed E-state index contributed by atoms with van der Waals surface area (Å²) in [5, 5.41) is 14.0. The lowest BCUT2D eigenvalue weighted by molar-refractivity contribution is -0.141. The van der Waals surface area contributed by atoms with Crippen LogP contribution in [0.4, 0.5) is 23.4 Å². The van der Waals surface area contributed by atoms with Gasteiger partial charge in [0.2, 0.25) is 0 Å². The number of nitrogens with one attached hydrogen (secondary N) is 2. The van der Waals surface area contributed by atoms with Gasteiger partial charge in [-0.15, -0.1) is 4.80 Å². The Balaban J connectivity index is 1.20. The van der Waals surface area contributed by atoms with Crippen molar-refractivity contribution in [1.82, 2.24) is 30.3 Å². The number of carbonyl (C=O) groups is 1. The van der Waals surface area contributed by atoms with Gasteiger partial charge < -0.3 is 10.6 Å². The first-order valence-corrected chi connectivity index (χ1v) is 11.3. The summed E-state index contributed by atoms with van der Waals surface area (Å²) >= 11 is 0. The van der Waals surface area contributed by atoms with Crippen molar-refractivity contribution in [3.05, 3.63) is 60.1 Å². The monoisotopic (exact) mass is 489 g/mol. The van der Waals surface area contributed by atoms with Gasteiger partial charge in [-0.2, -0.15) is 23.4 Å². The summed E-state index contributed by atoms with van der Waals surface area (Å²) < 4.78 is 52.5. The SMILES string of the molecule is CC1C(Nc2cnc(C(F)(F)F)cn2)CC12CCC2CNC(=O)c1cccc(F)c1-n1nccn1. The number of carbonyl (C=O) groups excluding carboxylic acids is 1. The molecule has 3 aromatic rings. The van der Waals surface area contributed by atoms with Crippen LogP contribution in [0.1, 0.15) is 42.2 Å². The van der Waals surface area contributed by atoms with Crippen LogP contribution in [0.25, 0.3) is 5.69 Å². The Bertz CT molecular complexity index is 1220. The van der Waals surface area contributed by atoms with E-state index in [4.69, 9.17) is 0 Å². The molecule has 2 heterocycles. The highest BCUT2D eigenvalue weighted by Gasteiger charge is 2.60. The van der Waals surface area contributed by atoms with Crippen molar-refractivity contribution >= 4 is 11.7 Å². The molecule has 2 N–H and O–H groups in total. The minimum atomic E-state index is -4.52. The average Bonchev–Trinajstić information content (AvgIpc) is 3.34. The molecule has 2 aliphatic rings. The van der Waals surface area contributed by atoms with Gasteiger partial charge in [-0.05, 0) is 48.6 Å². The highest BCUT2D eigenvalue weighted by atomic mass is 19.4. The Labute approximate surface area is 198 Å². The van der Waals surface area contributed by atoms with E-state index in [-0.39, 0.29) is 34.5 Å². The number of halogens is 4. The van der Waals surface area contributed by atoms with Gasteiger partial charge in [0, 0.05) is 12.6 Å². The zero-order valence-electron chi connectivity index (χ0n) is 18.8. The van der Waals surface area contributed by atoms with Gasteiger partial charge in [-0.1, -0.05) is 13.0 Å². The molecule has 4 atom stereocenters. The first kappa shape index (κ1) is 23.2. The lowest BCUT2D eigenvalue weighted by Gasteiger charge is -2.64. The summed E-state index contributed by atoms with van der Waals surface area (Å²) in [6.07, 6.45) is 2.90. The molecule has 5 rings (SSSR count). The molecule has 1 amide bonds. The van der Waals surface area contributed by atoms with Crippen LogP contribution in [-0.4, -0.2) is 43.5 Å². The molecule has 8 nitrogen and oxygen atoms in total. The van der Waals surface area contributed by atoms with E-state index in [2.05, 4.69) is 37.7 Å². The van der Waals surface area contributed by atoms with E-state index in [1.165, 1.54) is 30.6 Å². The second-order valence-corrected chi connectivity index (χ2v) is 9.16. The Hall–Kier alpha value is -3.57. The molecule has 35 heavy (non-hydrogen) atoms. The average molecular weight is 489 g/mol. The minimum Gasteiger partial charge on any atom is -0.366 e. The van der Waals surface area contributed by atoms with Gasteiger partial charge in [0.25, 0.3) is 5.91 Å². The fraction of sp³-hybridized carbons (Fsp3) is 0.435. The second-order valence-electron chi connectivity index (χ2n) is 9.16.